The molecule has 1 aromatic carbocycles. The normalized spacial score (nSPS) is 17.5. The highest BCUT2D eigenvalue weighted by molar-refractivity contribution is 8.00. The molecule has 0 radical (unpaired) electrons. The van der Waals surface area contributed by atoms with Crippen molar-refractivity contribution in [2.24, 2.45) is 5.73 Å². The SMILES string of the molecule is Cc1nc(C(=O)N2CCSC2CN)c(-c2ccc(F)c(F)c2F)o1. The molecule has 0 saturated carbocycles. The number of halogens is 3. The van der Waals surface area contributed by atoms with Gasteiger partial charge in [0.1, 0.15) is 0 Å². The third-order valence-electron chi connectivity index (χ3n) is 3.67. The van der Waals surface area contributed by atoms with Crippen LogP contribution in [0, 0.1) is 24.4 Å². The highest BCUT2D eigenvalue weighted by Crippen LogP contribution is 2.32. The van der Waals surface area contributed by atoms with Crippen molar-refractivity contribution in [3.8, 4) is 11.3 Å². The molecule has 1 aliphatic heterocycles. The van der Waals surface area contributed by atoms with Gasteiger partial charge in [0.15, 0.2) is 34.8 Å². The Balaban J connectivity index is 2.06. The van der Waals surface area contributed by atoms with Gasteiger partial charge in [-0.2, -0.15) is 0 Å². The van der Waals surface area contributed by atoms with E-state index in [-0.39, 0.29) is 34.8 Å². The van der Waals surface area contributed by atoms with Crippen LogP contribution in [0.3, 0.4) is 0 Å². The third kappa shape index (κ3) is 2.78. The molecule has 2 N–H and O–H groups in total. The lowest BCUT2D eigenvalue weighted by Gasteiger charge is -2.21. The summed E-state index contributed by atoms with van der Waals surface area (Å²) in [5, 5.41) is -0.211. The Morgan fingerprint density at radius 3 is 2.88 bits per heavy atom. The fourth-order valence-corrected chi connectivity index (χ4v) is 3.63. The molecular weight excluding hydrogens is 343 g/mol. The maximum Gasteiger partial charge on any atom is 0.277 e. The number of carbonyl (C=O) groups excluding carboxylic acids is 1. The highest BCUT2D eigenvalue weighted by Gasteiger charge is 2.34. The van der Waals surface area contributed by atoms with E-state index < -0.39 is 23.4 Å². The third-order valence-corrected chi connectivity index (χ3v) is 4.92. The number of oxazole rings is 1. The molecule has 1 saturated heterocycles. The predicted molar refractivity (Wildman–Crippen MR) is 82.9 cm³/mol. The number of benzene rings is 1. The zero-order valence-corrected chi connectivity index (χ0v) is 13.5. The number of amides is 1. The molecule has 0 spiro atoms. The molecule has 24 heavy (non-hydrogen) atoms. The van der Waals surface area contributed by atoms with Gasteiger partial charge in [-0.05, 0) is 12.1 Å². The molecular formula is C15H14F3N3O2S. The minimum Gasteiger partial charge on any atom is -0.440 e. The number of hydrogen-bond donors (Lipinski definition) is 1. The summed E-state index contributed by atoms with van der Waals surface area (Å²) in [5.74, 6) is -4.23. The first-order valence-electron chi connectivity index (χ1n) is 7.18. The van der Waals surface area contributed by atoms with Gasteiger partial charge < -0.3 is 15.1 Å². The van der Waals surface area contributed by atoms with Crippen LogP contribution in [-0.4, -0.2) is 40.0 Å². The summed E-state index contributed by atoms with van der Waals surface area (Å²) >= 11 is 1.53. The van der Waals surface area contributed by atoms with Crippen LogP contribution in [0.5, 0.6) is 0 Å². The molecule has 1 aromatic heterocycles. The first-order chi connectivity index (χ1) is 11.4. The fourth-order valence-electron chi connectivity index (χ4n) is 2.54. The van der Waals surface area contributed by atoms with Crippen molar-refractivity contribution in [2.75, 3.05) is 18.8 Å². The minimum absolute atomic E-state index is 0.119. The van der Waals surface area contributed by atoms with E-state index in [9.17, 15) is 18.0 Å². The van der Waals surface area contributed by atoms with E-state index in [0.717, 1.165) is 17.9 Å². The summed E-state index contributed by atoms with van der Waals surface area (Å²) in [7, 11) is 0. The van der Waals surface area contributed by atoms with Gasteiger partial charge in [-0.15, -0.1) is 11.8 Å². The molecule has 2 heterocycles. The van der Waals surface area contributed by atoms with E-state index >= 15 is 0 Å². The molecule has 0 aliphatic carbocycles. The van der Waals surface area contributed by atoms with Gasteiger partial charge in [-0.25, -0.2) is 18.2 Å². The van der Waals surface area contributed by atoms with E-state index in [0.29, 0.717) is 6.54 Å². The number of nitrogens with two attached hydrogens (primary N) is 1. The molecule has 1 aliphatic rings. The second-order valence-corrected chi connectivity index (χ2v) is 6.48. The topological polar surface area (TPSA) is 72.4 Å². The summed E-state index contributed by atoms with van der Waals surface area (Å²) in [6.45, 7) is 2.22. The molecule has 3 rings (SSSR count). The van der Waals surface area contributed by atoms with Crippen molar-refractivity contribution in [3.63, 3.8) is 0 Å². The van der Waals surface area contributed by atoms with Crippen molar-refractivity contribution in [3.05, 3.63) is 41.2 Å². The van der Waals surface area contributed by atoms with Crippen molar-refractivity contribution in [2.45, 2.75) is 12.3 Å². The molecule has 1 amide bonds. The summed E-state index contributed by atoms with van der Waals surface area (Å²) in [6.07, 6.45) is 0. The number of nitrogens with zero attached hydrogens (tertiary/aromatic N) is 2. The van der Waals surface area contributed by atoms with Crippen LogP contribution in [0.25, 0.3) is 11.3 Å². The predicted octanol–water partition coefficient (Wildman–Crippen LogP) is 2.54. The van der Waals surface area contributed by atoms with Gasteiger partial charge in [0.25, 0.3) is 5.91 Å². The van der Waals surface area contributed by atoms with E-state index in [2.05, 4.69) is 4.98 Å². The van der Waals surface area contributed by atoms with Crippen LogP contribution in [0.4, 0.5) is 13.2 Å². The number of thioether (sulfide) groups is 1. The maximum atomic E-state index is 14.1. The van der Waals surface area contributed by atoms with Crippen molar-refractivity contribution in [1.82, 2.24) is 9.88 Å². The second kappa shape index (κ2) is 6.48. The zero-order valence-electron chi connectivity index (χ0n) is 12.7. The number of hydrogen-bond acceptors (Lipinski definition) is 5. The number of aromatic nitrogens is 1. The molecule has 1 unspecified atom stereocenters. The lowest BCUT2D eigenvalue weighted by molar-refractivity contribution is 0.0759. The van der Waals surface area contributed by atoms with E-state index in [4.69, 9.17) is 10.2 Å². The van der Waals surface area contributed by atoms with Crippen LogP contribution in [0.15, 0.2) is 16.5 Å². The van der Waals surface area contributed by atoms with Crippen LogP contribution < -0.4 is 5.73 Å². The van der Waals surface area contributed by atoms with Gasteiger partial charge in [-0.3, -0.25) is 4.79 Å². The molecule has 0 bridgehead atoms. The smallest absolute Gasteiger partial charge is 0.277 e. The van der Waals surface area contributed by atoms with Gasteiger partial charge in [-0.1, -0.05) is 0 Å². The summed E-state index contributed by atoms with van der Waals surface area (Å²) < 4.78 is 46.0. The molecule has 128 valence electrons. The Morgan fingerprint density at radius 2 is 2.17 bits per heavy atom. The summed E-state index contributed by atoms with van der Waals surface area (Å²) in [4.78, 5) is 18.3. The fraction of sp³-hybridized carbons (Fsp3) is 0.333. The lowest BCUT2D eigenvalue weighted by atomic mass is 10.1. The van der Waals surface area contributed by atoms with Gasteiger partial charge in [0.2, 0.25) is 0 Å². The number of carbonyl (C=O) groups is 1. The second-order valence-electron chi connectivity index (χ2n) is 5.19. The monoisotopic (exact) mass is 357 g/mol. The first kappa shape index (κ1) is 16.8. The average Bonchev–Trinajstić information content (AvgIpc) is 3.18. The Morgan fingerprint density at radius 1 is 1.42 bits per heavy atom. The largest absolute Gasteiger partial charge is 0.440 e. The Labute approximate surface area is 140 Å². The van der Waals surface area contributed by atoms with Crippen LogP contribution in [0.2, 0.25) is 0 Å². The first-order valence-corrected chi connectivity index (χ1v) is 8.22. The molecule has 5 nitrogen and oxygen atoms in total. The molecule has 2 aromatic rings. The van der Waals surface area contributed by atoms with Crippen molar-refractivity contribution < 1.29 is 22.4 Å². The van der Waals surface area contributed by atoms with Crippen molar-refractivity contribution >= 4 is 17.7 Å². The van der Waals surface area contributed by atoms with Gasteiger partial charge >= 0.3 is 0 Å². The van der Waals surface area contributed by atoms with Crippen molar-refractivity contribution in [1.29, 1.82) is 0 Å². The summed E-state index contributed by atoms with van der Waals surface area (Å²) in [6, 6.07) is 1.79. The minimum atomic E-state index is -1.63. The Bertz CT molecular complexity index is 797. The number of aryl methyl sites for hydroxylation is 1. The zero-order chi connectivity index (χ0) is 17.4. The standard InChI is InChI=1S/C15H14F3N3O2S/c1-7-20-13(15(22)21-4-5-24-10(21)6-19)14(23-7)8-2-3-9(16)12(18)11(8)17/h2-3,10H,4-6,19H2,1H3. The quantitative estimate of drug-likeness (QED) is 0.855. The molecule has 1 fully saturated rings. The molecule has 9 heteroatoms. The van der Waals surface area contributed by atoms with Gasteiger partial charge in [0, 0.05) is 25.8 Å². The molecule has 1 atom stereocenters. The van der Waals surface area contributed by atoms with E-state index in [1.807, 2.05) is 0 Å². The average molecular weight is 357 g/mol. The van der Waals surface area contributed by atoms with E-state index in [1.54, 1.807) is 0 Å². The lowest BCUT2D eigenvalue weighted by Crippen LogP contribution is -2.39. The Kier molecular flexibility index (Phi) is 4.55. The summed E-state index contributed by atoms with van der Waals surface area (Å²) in [5.41, 5.74) is 5.15. The van der Waals surface area contributed by atoms with E-state index in [1.165, 1.54) is 23.6 Å². The maximum absolute atomic E-state index is 14.1. The highest BCUT2D eigenvalue weighted by atomic mass is 32.2. The Hall–Kier alpha value is -2.00. The van der Waals surface area contributed by atoms with Crippen LogP contribution >= 0.6 is 11.8 Å². The number of rotatable bonds is 3. The van der Waals surface area contributed by atoms with Crippen LogP contribution in [0.1, 0.15) is 16.4 Å². The van der Waals surface area contributed by atoms with Crippen LogP contribution in [-0.2, 0) is 0 Å². The van der Waals surface area contributed by atoms with Gasteiger partial charge in [0.05, 0.1) is 10.9 Å².